The molecule has 0 radical (unpaired) electrons. The van der Waals surface area contributed by atoms with Gasteiger partial charge in [-0.3, -0.25) is 4.84 Å². The summed E-state index contributed by atoms with van der Waals surface area (Å²) in [5.41, 5.74) is -1.03. The Morgan fingerprint density at radius 2 is 2.00 bits per heavy atom. The molecule has 4 nitrogen and oxygen atoms in total. The molecule has 1 aromatic carbocycles. The molecule has 0 aliphatic rings. The van der Waals surface area contributed by atoms with Gasteiger partial charge < -0.3 is 0 Å². The zero-order valence-electron chi connectivity index (χ0n) is 8.78. The largest absolute Gasteiger partial charge is 0.416 e. The fourth-order valence-electron chi connectivity index (χ4n) is 1.02. The van der Waals surface area contributed by atoms with Gasteiger partial charge in [0.05, 0.1) is 17.1 Å². The standard InChI is InChI=1S/C9H10F3NO3S/c1-2-16-13-17(14,15)8-5-3-4-7(6-8)9(10,11)12/h3-6,13H,2H2,1H3. The number of sulfonamides is 1. The summed E-state index contributed by atoms with van der Waals surface area (Å²) in [6.07, 6.45) is -4.59. The highest BCUT2D eigenvalue weighted by Crippen LogP contribution is 2.30. The second-order valence-corrected chi connectivity index (χ2v) is 4.69. The van der Waals surface area contributed by atoms with Crippen LogP contribution in [-0.2, 0) is 21.0 Å². The topological polar surface area (TPSA) is 55.4 Å². The number of halogens is 3. The van der Waals surface area contributed by atoms with E-state index in [1.54, 1.807) is 4.89 Å². The molecule has 0 saturated carbocycles. The van der Waals surface area contributed by atoms with E-state index in [1.807, 2.05) is 0 Å². The zero-order chi connectivity index (χ0) is 13.1. The summed E-state index contributed by atoms with van der Waals surface area (Å²) in [5.74, 6) is 0. The van der Waals surface area contributed by atoms with Crippen LogP contribution in [0.4, 0.5) is 13.2 Å². The first-order chi connectivity index (χ1) is 7.77. The lowest BCUT2D eigenvalue weighted by Gasteiger charge is -2.09. The number of hydrogen-bond acceptors (Lipinski definition) is 3. The first-order valence-corrected chi connectivity index (χ1v) is 6.06. The van der Waals surface area contributed by atoms with Gasteiger partial charge in [0.25, 0.3) is 10.0 Å². The van der Waals surface area contributed by atoms with Gasteiger partial charge in [0.1, 0.15) is 0 Å². The zero-order valence-corrected chi connectivity index (χ0v) is 9.60. The minimum atomic E-state index is -4.59. The van der Waals surface area contributed by atoms with Crippen LogP contribution < -0.4 is 4.89 Å². The van der Waals surface area contributed by atoms with Gasteiger partial charge in [-0.15, -0.1) is 0 Å². The Kier molecular flexibility index (Phi) is 4.12. The minimum absolute atomic E-state index is 0.0677. The fourth-order valence-corrected chi connectivity index (χ4v) is 1.93. The molecule has 0 spiro atoms. The third kappa shape index (κ3) is 3.69. The average Bonchev–Trinajstić information content (AvgIpc) is 2.25. The van der Waals surface area contributed by atoms with Crippen LogP contribution in [0.3, 0.4) is 0 Å². The van der Waals surface area contributed by atoms with Crippen molar-refractivity contribution in [2.24, 2.45) is 0 Å². The van der Waals surface area contributed by atoms with Gasteiger partial charge in [0.2, 0.25) is 0 Å². The van der Waals surface area contributed by atoms with Crippen molar-refractivity contribution in [1.82, 2.24) is 4.89 Å². The third-order valence-corrected chi connectivity index (χ3v) is 3.00. The van der Waals surface area contributed by atoms with Gasteiger partial charge in [-0.05, 0) is 25.1 Å². The quantitative estimate of drug-likeness (QED) is 0.850. The summed E-state index contributed by atoms with van der Waals surface area (Å²) in [6, 6.07) is 3.40. The van der Waals surface area contributed by atoms with Crippen LogP contribution in [0.25, 0.3) is 0 Å². The molecule has 0 aromatic heterocycles. The summed E-state index contributed by atoms with van der Waals surface area (Å²) in [7, 11) is -4.08. The van der Waals surface area contributed by atoms with Crippen LogP contribution in [0.15, 0.2) is 29.2 Å². The Morgan fingerprint density at radius 1 is 1.35 bits per heavy atom. The first kappa shape index (κ1) is 13.9. The Hall–Kier alpha value is -1.12. The van der Waals surface area contributed by atoms with E-state index in [0.717, 1.165) is 18.2 Å². The van der Waals surface area contributed by atoms with E-state index in [9.17, 15) is 21.6 Å². The second kappa shape index (κ2) is 5.03. The van der Waals surface area contributed by atoms with Crippen LogP contribution in [0, 0.1) is 0 Å². The van der Waals surface area contributed by atoms with E-state index >= 15 is 0 Å². The van der Waals surface area contributed by atoms with Gasteiger partial charge in [-0.1, -0.05) is 11.0 Å². The van der Waals surface area contributed by atoms with Crippen LogP contribution in [-0.4, -0.2) is 15.0 Å². The molecule has 0 heterocycles. The predicted octanol–water partition coefficient (Wildman–Crippen LogP) is 1.94. The molecule has 1 rings (SSSR count). The summed E-state index contributed by atoms with van der Waals surface area (Å²) < 4.78 is 60.0. The molecular formula is C9H10F3NO3S. The van der Waals surface area contributed by atoms with E-state index in [1.165, 1.54) is 6.92 Å². The van der Waals surface area contributed by atoms with Crippen LogP contribution in [0.1, 0.15) is 12.5 Å². The average molecular weight is 269 g/mol. The summed E-state index contributed by atoms with van der Waals surface area (Å²) in [6.45, 7) is 1.60. The number of rotatable bonds is 4. The van der Waals surface area contributed by atoms with Crippen molar-refractivity contribution < 1.29 is 26.4 Å². The van der Waals surface area contributed by atoms with E-state index in [2.05, 4.69) is 4.84 Å². The molecule has 8 heteroatoms. The summed E-state index contributed by atoms with van der Waals surface area (Å²) >= 11 is 0. The third-order valence-electron chi connectivity index (χ3n) is 1.78. The maximum absolute atomic E-state index is 12.4. The van der Waals surface area contributed by atoms with Crippen molar-refractivity contribution in [3.63, 3.8) is 0 Å². The highest BCUT2D eigenvalue weighted by Gasteiger charge is 2.31. The number of alkyl halides is 3. The highest BCUT2D eigenvalue weighted by atomic mass is 32.2. The molecule has 1 N–H and O–H groups in total. The minimum Gasteiger partial charge on any atom is -0.287 e. The van der Waals surface area contributed by atoms with Gasteiger partial charge >= 0.3 is 6.18 Å². The second-order valence-electron chi connectivity index (χ2n) is 3.05. The number of hydrogen-bond donors (Lipinski definition) is 1. The SMILES string of the molecule is CCONS(=O)(=O)c1cccc(C(F)(F)F)c1. The van der Waals surface area contributed by atoms with Crippen molar-refractivity contribution in [2.45, 2.75) is 18.0 Å². The molecule has 17 heavy (non-hydrogen) atoms. The van der Waals surface area contributed by atoms with Gasteiger partial charge in [-0.25, -0.2) is 8.42 Å². The van der Waals surface area contributed by atoms with Crippen molar-refractivity contribution in [2.75, 3.05) is 6.61 Å². The lowest BCUT2D eigenvalue weighted by atomic mass is 10.2. The van der Waals surface area contributed by atoms with Gasteiger partial charge in [-0.2, -0.15) is 13.2 Å². The maximum atomic E-state index is 12.4. The fraction of sp³-hybridized carbons (Fsp3) is 0.333. The van der Waals surface area contributed by atoms with Crippen molar-refractivity contribution in [3.8, 4) is 0 Å². The molecule has 0 aliphatic carbocycles. The summed E-state index contributed by atoms with van der Waals surface area (Å²) in [4.78, 5) is 5.67. The molecule has 0 atom stereocenters. The van der Waals surface area contributed by atoms with E-state index in [-0.39, 0.29) is 6.61 Å². The van der Waals surface area contributed by atoms with Gasteiger partial charge in [0, 0.05) is 0 Å². The molecule has 0 unspecified atom stereocenters. The van der Waals surface area contributed by atoms with Crippen LogP contribution in [0.2, 0.25) is 0 Å². The monoisotopic (exact) mass is 269 g/mol. The number of nitrogens with one attached hydrogen (secondary N) is 1. The predicted molar refractivity (Wildman–Crippen MR) is 53.4 cm³/mol. The Balaban J connectivity index is 3.08. The normalized spacial score (nSPS) is 12.7. The molecular weight excluding hydrogens is 259 g/mol. The Labute approximate surface area is 96.4 Å². The van der Waals surface area contributed by atoms with E-state index in [4.69, 9.17) is 0 Å². The number of benzene rings is 1. The lowest BCUT2D eigenvalue weighted by Crippen LogP contribution is -2.24. The van der Waals surface area contributed by atoms with Crippen LogP contribution in [0.5, 0.6) is 0 Å². The lowest BCUT2D eigenvalue weighted by molar-refractivity contribution is -0.137. The first-order valence-electron chi connectivity index (χ1n) is 4.58. The maximum Gasteiger partial charge on any atom is 0.416 e. The van der Waals surface area contributed by atoms with Crippen molar-refractivity contribution in [3.05, 3.63) is 29.8 Å². The van der Waals surface area contributed by atoms with Crippen molar-refractivity contribution in [1.29, 1.82) is 0 Å². The molecule has 0 aliphatic heterocycles. The van der Waals surface area contributed by atoms with Crippen LogP contribution >= 0.6 is 0 Å². The van der Waals surface area contributed by atoms with Crippen molar-refractivity contribution >= 4 is 10.0 Å². The highest BCUT2D eigenvalue weighted by molar-refractivity contribution is 7.89. The van der Waals surface area contributed by atoms with E-state index < -0.39 is 26.7 Å². The molecule has 96 valence electrons. The molecule has 0 saturated heterocycles. The smallest absolute Gasteiger partial charge is 0.287 e. The molecule has 0 bridgehead atoms. The summed E-state index contributed by atoms with van der Waals surface area (Å²) in [5, 5.41) is 0. The molecule has 0 amide bonds. The van der Waals surface area contributed by atoms with E-state index in [0.29, 0.717) is 6.07 Å². The van der Waals surface area contributed by atoms with Gasteiger partial charge in [0.15, 0.2) is 0 Å². The molecule has 0 fully saturated rings. The Morgan fingerprint density at radius 3 is 2.53 bits per heavy atom. The Bertz CT molecular complexity index is 485. The molecule has 1 aromatic rings.